The van der Waals surface area contributed by atoms with Crippen molar-refractivity contribution in [3.8, 4) is 0 Å². The fraction of sp³-hybridized carbons (Fsp3) is 0.667. The minimum Gasteiger partial charge on any atom is -0.459 e. The molecular formula is C18H29N3O3. The highest BCUT2D eigenvalue weighted by Gasteiger charge is 2.28. The maximum atomic E-state index is 12.8. The van der Waals surface area contributed by atoms with E-state index in [2.05, 4.69) is 23.7 Å². The van der Waals surface area contributed by atoms with E-state index >= 15 is 0 Å². The second-order valence-electron chi connectivity index (χ2n) is 7.00. The highest BCUT2D eigenvalue weighted by atomic mass is 16.5. The van der Waals surface area contributed by atoms with Crippen molar-refractivity contribution in [2.24, 2.45) is 0 Å². The van der Waals surface area contributed by atoms with Crippen LogP contribution < -0.4 is 0 Å². The van der Waals surface area contributed by atoms with E-state index in [1.165, 1.54) is 0 Å². The third-order valence-electron chi connectivity index (χ3n) is 4.53. The Hall–Kier alpha value is -1.82. The normalized spacial score (nSPS) is 16.1. The zero-order valence-electron chi connectivity index (χ0n) is 15.6. The molecule has 0 radical (unpaired) electrons. The Morgan fingerprint density at radius 1 is 1.04 bits per heavy atom. The highest BCUT2D eigenvalue weighted by molar-refractivity contribution is 6.00. The molecule has 1 N–H and O–H groups in total. The van der Waals surface area contributed by atoms with E-state index in [0.717, 1.165) is 13.1 Å². The molecule has 2 rings (SSSR count). The lowest BCUT2D eigenvalue weighted by molar-refractivity contribution is 0.0376. The summed E-state index contributed by atoms with van der Waals surface area (Å²) in [6.45, 7) is 14.8. The van der Waals surface area contributed by atoms with Gasteiger partial charge in [0.25, 0.3) is 5.91 Å². The molecule has 134 valence electrons. The van der Waals surface area contributed by atoms with Crippen molar-refractivity contribution in [2.45, 2.75) is 53.7 Å². The number of ether oxygens (including phenoxy) is 1. The van der Waals surface area contributed by atoms with Crippen LogP contribution >= 0.6 is 0 Å². The maximum absolute atomic E-state index is 12.8. The predicted octanol–water partition coefficient (Wildman–Crippen LogP) is 2.36. The first-order chi connectivity index (χ1) is 11.2. The quantitative estimate of drug-likeness (QED) is 0.858. The monoisotopic (exact) mass is 335 g/mol. The molecule has 6 nitrogen and oxygen atoms in total. The summed E-state index contributed by atoms with van der Waals surface area (Å²) in [7, 11) is 0. The summed E-state index contributed by atoms with van der Waals surface area (Å²) in [6, 6.07) is 0.495. The number of nitrogens with one attached hydrogen (secondary N) is 1. The van der Waals surface area contributed by atoms with Crippen molar-refractivity contribution in [3.05, 3.63) is 22.5 Å². The first-order valence-corrected chi connectivity index (χ1v) is 8.65. The molecule has 0 aromatic carbocycles. The van der Waals surface area contributed by atoms with Crippen LogP contribution in [0, 0.1) is 13.8 Å². The van der Waals surface area contributed by atoms with E-state index in [1.54, 1.807) is 13.8 Å². The van der Waals surface area contributed by atoms with Crippen molar-refractivity contribution < 1.29 is 14.3 Å². The first-order valence-electron chi connectivity index (χ1n) is 8.65. The zero-order valence-corrected chi connectivity index (χ0v) is 15.6. The molecule has 1 aromatic rings. The lowest BCUT2D eigenvalue weighted by Crippen LogP contribution is -2.50. The Bertz CT molecular complexity index is 611. The van der Waals surface area contributed by atoms with Crippen LogP contribution in [0.2, 0.25) is 0 Å². The molecule has 1 fully saturated rings. The molecule has 6 heteroatoms. The maximum Gasteiger partial charge on any atom is 0.340 e. The lowest BCUT2D eigenvalue weighted by atomic mass is 10.1. The molecular weight excluding hydrogens is 306 g/mol. The number of carbonyl (C=O) groups excluding carboxylic acids is 2. The number of piperazine rings is 1. The molecule has 1 saturated heterocycles. The fourth-order valence-corrected chi connectivity index (χ4v) is 3.14. The molecule has 1 aromatic heterocycles. The number of H-pyrrole nitrogens is 1. The topological polar surface area (TPSA) is 65.6 Å². The average molecular weight is 335 g/mol. The van der Waals surface area contributed by atoms with E-state index in [0.29, 0.717) is 41.6 Å². The van der Waals surface area contributed by atoms with Gasteiger partial charge in [-0.2, -0.15) is 0 Å². The molecule has 2 heterocycles. The summed E-state index contributed by atoms with van der Waals surface area (Å²) < 4.78 is 5.29. The number of aryl methyl sites for hydroxylation is 1. The van der Waals surface area contributed by atoms with Crippen LogP contribution in [0.4, 0.5) is 0 Å². The number of aromatic nitrogens is 1. The number of amides is 1. The molecule has 0 saturated carbocycles. The van der Waals surface area contributed by atoms with Crippen LogP contribution in [0.3, 0.4) is 0 Å². The molecule has 24 heavy (non-hydrogen) atoms. The number of rotatable bonds is 4. The van der Waals surface area contributed by atoms with E-state index in [9.17, 15) is 9.59 Å². The number of aromatic amines is 1. The van der Waals surface area contributed by atoms with Gasteiger partial charge in [0.05, 0.1) is 11.7 Å². The standard InChI is InChI=1S/C18H29N3O3/c1-11(2)20-7-9-21(10-8-20)17(22)16-13(5)15(14(6)19-16)18(23)24-12(3)4/h11-12,19H,7-10H2,1-6H3. The number of carbonyl (C=O) groups is 2. The summed E-state index contributed by atoms with van der Waals surface area (Å²) in [5, 5.41) is 0. The Morgan fingerprint density at radius 3 is 2.12 bits per heavy atom. The Morgan fingerprint density at radius 2 is 1.62 bits per heavy atom. The van der Waals surface area contributed by atoms with Gasteiger partial charge >= 0.3 is 5.97 Å². The van der Waals surface area contributed by atoms with Gasteiger partial charge in [0.2, 0.25) is 0 Å². The summed E-state index contributed by atoms with van der Waals surface area (Å²) in [6.07, 6.45) is -0.186. The van der Waals surface area contributed by atoms with E-state index in [4.69, 9.17) is 4.74 Å². The van der Waals surface area contributed by atoms with Gasteiger partial charge in [-0.1, -0.05) is 0 Å². The largest absolute Gasteiger partial charge is 0.459 e. The van der Waals surface area contributed by atoms with Crippen LogP contribution in [-0.2, 0) is 4.74 Å². The summed E-state index contributed by atoms with van der Waals surface area (Å²) in [5.41, 5.74) is 2.34. The van der Waals surface area contributed by atoms with Crippen molar-refractivity contribution in [1.29, 1.82) is 0 Å². The van der Waals surface area contributed by atoms with Gasteiger partial charge in [0.15, 0.2) is 0 Å². The molecule has 1 aliphatic heterocycles. The average Bonchev–Trinajstić information content (AvgIpc) is 2.80. The van der Waals surface area contributed by atoms with E-state index in [-0.39, 0.29) is 18.0 Å². The number of hydrogen-bond donors (Lipinski definition) is 1. The third-order valence-corrected chi connectivity index (χ3v) is 4.53. The molecule has 1 aliphatic rings. The van der Waals surface area contributed by atoms with Gasteiger partial charge in [0.1, 0.15) is 5.69 Å². The highest BCUT2D eigenvalue weighted by Crippen LogP contribution is 2.21. The second-order valence-corrected chi connectivity index (χ2v) is 7.00. The van der Waals surface area contributed by atoms with E-state index in [1.807, 2.05) is 18.7 Å². The van der Waals surface area contributed by atoms with Gasteiger partial charge in [-0.25, -0.2) is 4.79 Å². The van der Waals surface area contributed by atoms with Crippen LogP contribution in [-0.4, -0.2) is 65.0 Å². The summed E-state index contributed by atoms with van der Waals surface area (Å²) in [4.78, 5) is 32.4. The van der Waals surface area contributed by atoms with Crippen molar-refractivity contribution >= 4 is 11.9 Å². The van der Waals surface area contributed by atoms with Crippen LogP contribution in [0.5, 0.6) is 0 Å². The number of hydrogen-bond acceptors (Lipinski definition) is 4. The fourth-order valence-electron chi connectivity index (χ4n) is 3.14. The molecule has 0 aliphatic carbocycles. The molecule has 0 atom stereocenters. The van der Waals surface area contributed by atoms with Crippen molar-refractivity contribution in [2.75, 3.05) is 26.2 Å². The minimum atomic E-state index is -0.375. The summed E-state index contributed by atoms with van der Waals surface area (Å²) >= 11 is 0. The predicted molar refractivity (Wildman–Crippen MR) is 93.4 cm³/mol. The lowest BCUT2D eigenvalue weighted by Gasteiger charge is -2.36. The Labute approximate surface area is 144 Å². The SMILES string of the molecule is Cc1[nH]c(C(=O)N2CCN(C(C)C)CC2)c(C)c1C(=O)OC(C)C. The first kappa shape index (κ1) is 18.5. The molecule has 0 spiro atoms. The van der Waals surface area contributed by atoms with Crippen LogP contribution in [0.25, 0.3) is 0 Å². The van der Waals surface area contributed by atoms with Crippen LogP contribution in [0.15, 0.2) is 0 Å². The second kappa shape index (κ2) is 7.38. The van der Waals surface area contributed by atoms with Gasteiger partial charge < -0.3 is 14.6 Å². The smallest absolute Gasteiger partial charge is 0.340 e. The molecule has 1 amide bonds. The van der Waals surface area contributed by atoms with Gasteiger partial charge in [-0.3, -0.25) is 9.69 Å². The number of nitrogens with zero attached hydrogens (tertiary/aromatic N) is 2. The Kier molecular flexibility index (Phi) is 5.70. The van der Waals surface area contributed by atoms with Gasteiger partial charge in [0, 0.05) is 37.9 Å². The minimum absolute atomic E-state index is 0.0393. The van der Waals surface area contributed by atoms with Crippen molar-refractivity contribution in [3.63, 3.8) is 0 Å². The molecule has 0 bridgehead atoms. The molecule has 0 unspecified atom stereocenters. The van der Waals surface area contributed by atoms with Gasteiger partial charge in [-0.15, -0.1) is 0 Å². The zero-order chi connectivity index (χ0) is 18.0. The Balaban J connectivity index is 2.15. The third kappa shape index (κ3) is 3.80. The number of esters is 1. The summed E-state index contributed by atoms with van der Waals surface area (Å²) in [5.74, 6) is -0.414. The van der Waals surface area contributed by atoms with E-state index < -0.39 is 0 Å². The van der Waals surface area contributed by atoms with Gasteiger partial charge in [-0.05, 0) is 47.1 Å². The van der Waals surface area contributed by atoms with Crippen molar-refractivity contribution in [1.82, 2.24) is 14.8 Å². The van der Waals surface area contributed by atoms with Crippen LogP contribution in [0.1, 0.15) is 59.8 Å².